The minimum absolute atomic E-state index is 0.159. The molecule has 3 heteroatoms. The Hall–Kier alpha value is -1.38. The Labute approximate surface area is 99.8 Å². The Morgan fingerprint density at radius 2 is 2.24 bits per heavy atom. The normalized spacial score (nSPS) is 32.1. The molecule has 1 saturated heterocycles. The number of ether oxygens (including phenoxy) is 1. The van der Waals surface area contributed by atoms with E-state index in [1.807, 2.05) is 6.07 Å². The molecule has 3 rings (SSSR count). The van der Waals surface area contributed by atoms with Crippen LogP contribution in [0.2, 0.25) is 0 Å². The van der Waals surface area contributed by atoms with E-state index < -0.39 is 5.41 Å². The summed E-state index contributed by atoms with van der Waals surface area (Å²) in [7, 11) is 0. The predicted molar refractivity (Wildman–Crippen MR) is 61.0 cm³/mol. The molecular formula is C14H15FO2. The van der Waals surface area contributed by atoms with Crippen molar-refractivity contribution < 1.29 is 13.9 Å². The zero-order valence-electron chi connectivity index (χ0n) is 9.62. The molecule has 1 aliphatic heterocycles. The first kappa shape index (κ1) is 10.8. The smallest absolute Gasteiger partial charge is 0.316 e. The average Bonchev–Trinajstić information content (AvgIpc) is 2.69. The van der Waals surface area contributed by atoms with Gasteiger partial charge in [0.15, 0.2) is 0 Å². The molecule has 0 unspecified atom stereocenters. The average molecular weight is 234 g/mol. The van der Waals surface area contributed by atoms with E-state index in [1.54, 1.807) is 6.07 Å². The van der Waals surface area contributed by atoms with Gasteiger partial charge in [0, 0.05) is 5.92 Å². The largest absolute Gasteiger partial charge is 0.465 e. The summed E-state index contributed by atoms with van der Waals surface area (Å²) in [4.78, 5) is 12.1. The van der Waals surface area contributed by atoms with Crippen LogP contribution < -0.4 is 0 Å². The van der Waals surface area contributed by atoms with E-state index in [-0.39, 0.29) is 17.7 Å². The van der Waals surface area contributed by atoms with Crippen molar-refractivity contribution in [2.75, 3.05) is 6.61 Å². The Morgan fingerprint density at radius 1 is 1.35 bits per heavy atom. The van der Waals surface area contributed by atoms with Gasteiger partial charge in [0.1, 0.15) is 5.82 Å². The van der Waals surface area contributed by atoms with Gasteiger partial charge >= 0.3 is 5.97 Å². The number of esters is 1. The van der Waals surface area contributed by atoms with E-state index in [0.717, 1.165) is 31.2 Å². The van der Waals surface area contributed by atoms with Gasteiger partial charge in [-0.15, -0.1) is 0 Å². The number of carbonyl (C=O) groups is 1. The molecule has 1 heterocycles. The molecule has 0 N–H and O–H groups in total. The van der Waals surface area contributed by atoms with Crippen molar-refractivity contribution in [3.05, 3.63) is 35.6 Å². The van der Waals surface area contributed by atoms with Gasteiger partial charge in [0.25, 0.3) is 0 Å². The molecule has 0 amide bonds. The molecule has 2 fully saturated rings. The maximum atomic E-state index is 13.4. The topological polar surface area (TPSA) is 26.3 Å². The van der Waals surface area contributed by atoms with Crippen molar-refractivity contribution in [1.82, 2.24) is 0 Å². The lowest BCUT2D eigenvalue weighted by atomic mass is 9.64. The van der Waals surface area contributed by atoms with Crippen LogP contribution in [0.25, 0.3) is 0 Å². The van der Waals surface area contributed by atoms with Crippen LogP contribution in [0.1, 0.15) is 31.2 Å². The quantitative estimate of drug-likeness (QED) is 0.698. The Kier molecular flexibility index (Phi) is 2.42. The number of carbonyl (C=O) groups excluding carboxylic acids is 1. The highest BCUT2D eigenvalue weighted by molar-refractivity contribution is 5.85. The predicted octanol–water partition coefficient (Wildman–Crippen LogP) is 2.81. The summed E-state index contributed by atoms with van der Waals surface area (Å²) >= 11 is 0. The first-order valence-corrected chi connectivity index (χ1v) is 6.17. The molecule has 2 aliphatic rings. The first-order valence-electron chi connectivity index (χ1n) is 6.17. The summed E-state index contributed by atoms with van der Waals surface area (Å²) in [5.74, 6) is -0.209. The molecule has 2 nitrogen and oxygen atoms in total. The first-order chi connectivity index (χ1) is 8.23. The van der Waals surface area contributed by atoms with Crippen molar-refractivity contribution in [2.45, 2.75) is 31.1 Å². The Balaban J connectivity index is 2.10. The van der Waals surface area contributed by atoms with Crippen LogP contribution >= 0.6 is 0 Å². The monoisotopic (exact) mass is 234 g/mol. The van der Waals surface area contributed by atoms with Crippen LogP contribution in [-0.4, -0.2) is 12.6 Å². The number of fused-ring (bicyclic) bond motifs is 1. The van der Waals surface area contributed by atoms with Crippen molar-refractivity contribution in [3.8, 4) is 0 Å². The lowest BCUT2D eigenvalue weighted by Gasteiger charge is -2.35. The van der Waals surface area contributed by atoms with Gasteiger partial charge in [-0.3, -0.25) is 4.79 Å². The highest BCUT2D eigenvalue weighted by Crippen LogP contribution is 2.48. The fourth-order valence-corrected chi connectivity index (χ4v) is 3.31. The maximum Gasteiger partial charge on any atom is 0.316 e. The molecule has 0 radical (unpaired) electrons. The Bertz CT molecular complexity index is 457. The molecule has 0 spiro atoms. The number of hydrogen-bond acceptors (Lipinski definition) is 2. The summed E-state index contributed by atoms with van der Waals surface area (Å²) in [5.41, 5.74) is 0.227. The van der Waals surface area contributed by atoms with Crippen LogP contribution in [0, 0.1) is 11.7 Å². The summed E-state index contributed by atoms with van der Waals surface area (Å²) in [5, 5.41) is 0. The number of halogens is 1. The molecular weight excluding hydrogens is 219 g/mol. The van der Waals surface area contributed by atoms with Gasteiger partial charge in [-0.2, -0.15) is 0 Å². The Morgan fingerprint density at radius 3 is 3.06 bits per heavy atom. The van der Waals surface area contributed by atoms with Crippen LogP contribution in [0.3, 0.4) is 0 Å². The summed E-state index contributed by atoms with van der Waals surface area (Å²) < 4.78 is 18.6. The second-order valence-electron chi connectivity index (χ2n) is 5.02. The van der Waals surface area contributed by atoms with E-state index in [9.17, 15) is 9.18 Å². The van der Waals surface area contributed by atoms with Crippen molar-refractivity contribution >= 4 is 5.97 Å². The summed E-state index contributed by atoms with van der Waals surface area (Å²) in [6.45, 7) is 0.495. The second kappa shape index (κ2) is 3.83. The van der Waals surface area contributed by atoms with Crippen LogP contribution in [-0.2, 0) is 14.9 Å². The number of benzene rings is 1. The molecule has 90 valence electrons. The van der Waals surface area contributed by atoms with Gasteiger partial charge in [-0.25, -0.2) is 4.39 Å². The summed E-state index contributed by atoms with van der Waals surface area (Å²) in [6.07, 6.45) is 3.95. The summed E-state index contributed by atoms with van der Waals surface area (Å²) in [6, 6.07) is 6.44. The molecule has 1 aromatic rings. The van der Waals surface area contributed by atoms with E-state index in [2.05, 4.69) is 0 Å². The van der Waals surface area contributed by atoms with Crippen LogP contribution in [0.5, 0.6) is 0 Å². The third-order valence-corrected chi connectivity index (χ3v) is 4.19. The maximum absolute atomic E-state index is 13.4. The number of cyclic esters (lactones) is 1. The van der Waals surface area contributed by atoms with Gasteiger partial charge in [0.05, 0.1) is 12.0 Å². The zero-order chi connectivity index (χ0) is 11.9. The molecule has 1 aromatic carbocycles. The lowest BCUT2D eigenvalue weighted by Crippen LogP contribution is -2.40. The van der Waals surface area contributed by atoms with Crippen molar-refractivity contribution in [3.63, 3.8) is 0 Å². The van der Waals surface area contributed by atoms with E-state index in [4.69, 9.17) is 4.74 Å². The molecule has 1 aliphatic carbocycles. The molecule has 0 aromatic heterocycles. The van der Waals surface area contributed by atoms with E-state index in [0.29, 0.717) is 6.61 Å². The van der Waals surface area contributed by atoms with Crippen LogP contribution in [0.4, 0.5) is 4.39 Å². The van der Waals surface area contributed by atoms with Gasteiger partial charge in [0.2, 0.25) is 0 Å². The number of hydrogen-bond donors (Lipinski definition) is 0. The van der Waals surface area contributed by atoms with Crippen LogP contribution in [0.15, 0.2) is 24.3 Å². The number of rotatable bonds is 1. The third kappa shape index (κ3) is 1.48. The second-order valence-corrected chi connectivity index (χ2v) is 5.02. The minimum atomic E-state index is -0.569. The molecule has 1 saturated carbocycles. The molecule has 2 atom stereocenters. The fourth-order valence-electron chi connectivity index (χ4n) is 3.31. The van der Waals surface area contributed by atoms with Crippen molar-refractivity contribution in [1.29, 1.82) is 0 Å². The van der Waals surface area contributed by atoms with Crippen molar-refractivity contribution in [2.24, 2.45) is 5.92 Å². The highest BCUT2D eigenvalue weighted by atomic mass is 19.1. The standard InChI is InChI=1S/C14H15FO2/c15-12-6-3-5-10(8-12)14-7-2-1-4-11(14)9-17-13(14)16/h3,5-6,8,11H,1-2,4,7,9H2/t11-,14+/m0/s1. The minimum Gasteiger partial charge on any atom is -0.465 e. The molecule has 17 heavy (non-hydrogen) atoms. The lowest BCUT2D eigenvalue weighted by molar-refractivity contribution is -0.143. The highest BCUT2D eigenvalue weighted by Gasteiger charge is 2.54. The zero-order valence-corrected chi connectivity index (χ0v) is 9.62. The van der Waals surface area contributed by atoms with Gasteiger partial charge in [-0.05, 0) is 30.5 Å². The van der Waals surface area contributed by atoms with Gasteiger partial charge < -0.3 is 4.74 Å². The molecule has 0 bridgehead atoms. The third-order valence-electron chi connectivity index (χ3n) is 4.19. The fraction of sp³-hybridized carbons (Fsp3) is 0.500. The van der Waals surface area contributed by atoms with E-state index in [1.165, 1.54) is 12.1 Å². The van der Waals surface area contributed by atoms with E-state index >= 15 is 0 Å². The SMILES string of the molecule is O=C1OC[C@@H]2CCCC[C@]12c1cccc(F)c1. The van der Waals surface area contributed by atoms with Gasteiger partial charge in [-0.1, -0.05) is 25.0 Å².